The molecule has 0 fully saturated rings. The van der Waals surface area contributed by atoms with Crippen LogP contribution in [0, 0.1) is 12.8 Å². The van der Waals surface area contributed by atoms with Gasteiger partial charge in [-0.1, -0.05) is 6.92 Å². The van der Waals surface area contributed by atoms with E-state index in [9.17, 15) is 4.79 Å². The Morgan fingerprint density at radius 1 is 1.56 bits per heavy atom. The smallest absolute Gasteiger partial charge is 0.303 e. The van der Waals surface area contributed by atoms with E-state index in [0.717, 1.165) is 9.88 Å². The van der Waals surface area contributed by atoms with E-state index < -0.39 is 5.97 Å². The van der Waals surface area contributed by atoms with E-state index in [1.54, 1.807) is 6.20 Å². The first kappa shape index (κ1) is 12.7. The summed E-state index contributed by atoms with van der Waals surface area (Å²) in [5.74, 6) is 0.0576. The third kappa shape index (κ3) is 3.13. The molecule has 2 aromatic rings. The maximum Gasteiger partial charge on any atom is 0.303 e. The average Bonchev–Trinajstić information content (AvgIpc) is 2.85. The van der Waals surface area contributed by atoms with Crippen LogP contribution >= 0.6 is 11.3 Å². The van der Waals surface area contributed by atoms with Crippen LogP contribution in [0.3, 0.4) is 0 Å². The van der Waals surface area contributed by atoms with Gasteiger partial charge in [0.1, 0.15) is 4.88 Å². The molecule has 96 valence electrons. The molecule has 0 aliphatic heterocycles. The van der Waals surface area contributed by atoms with Gasteiger partial charge >= 0.3 is 5.97 Å². The third-order valence-electron chi connectivity index (χ3n) is 2.35. The quantitative estimate of drug-likeness (QED) is 0.892. The van der Waals surface area contributed by atoms with Crippen molar-refractivity contribution in [3.63, 3.8) is 0 Å². The summed E-state index contributed by atoms with van der Waals surface area (Å²) in [6, 6.07) is 0. The summed E-state index contributed by atoms with van der Waals surface area (Å²) >= 11 is 1.48. The first-order chi connectivity index (χ1) is 8.54. The van der Waals surface area contributed by atoms with Crippen molar-refractivity contribution >= 4 is 17.3 Å². The predicted molar refractivity (Wildman–Crippen MR) is 65.3 cm³/mol. The third-order valence-corrected chi connectivity index (χ3v) is 3.25. The average molecular weight is 267 g/mol. The molecule has 1 atom stereocenters. The standard InChI is InChI=1S/C11H13N3O3S/c1-6(4-10(15)16)3-9-13-14-11(17-9)8-5-12-7(2)18-8/h5-6H,3-4H2,1-2H3,(H,15,16). The number of nitrogens with zero attached hydrogens (tertiary/aromatic N) is 3. The molecule has 1 N–H and O–H groups in total. The molecule has 0 aliphatic rings. The Morgan fingerprint density at radius 2 is 2.33 bits per heavy atom. The molecular weight excluding hydrogens is 254 g/mol. The van der Waals surface area contributed by atoms with Gasteiger partial charge in [-0.2, -0.15) is 0 Å². The number of thiazole rings is 1. The molecule has 0 spiro atoms. The van der Waals surface area contributed by atoms with Crippen LogP contribution in [0.2, 0.25) is 0 Å². The van der Waals surface area contributed by atoms with E-state index in [0.29, 0.717) is 18.2 Å². The lowest BCUT2D eigenvalue weighted by atomic mass is 10.0. The summed E-state index contributed by atoms with van der Waals surface area (Å²) in [5, 5.41) is 17.5. The van der Waals surface area contributed by atoms with E-state index in [-0.39, 0.29) is 12.3 Å². The molecule has 7 heteroatoms. The largest absolute Gasteiger partial charge is 0.481 e. The van der Waals surface area contributed by atoms with Crippen LogP contribution in [0.25, 0.3) is 10.8 Å². The number of carboxylic acids is 1. The molecule has 2 heterocycles. The van der Waals surface area contributed by atoms with Crippen molar-refractivity contribution in [2.75, 3.05) is 0 Å². The molecule has 0 bridgehead atoms. The van der Waals surface area contributed by atoms with E-state index in [2.05, 4.69) is 15.2 Å². The highest BCUT2D eigenvalue weighted by Gasteiger charge is 2.15. The number of aryl methyl sites for hydroxylation is 1. The van der Waals surface area contributed by atoms with Crippen LogP contribution in [0.5, 0.6) is 0 Å². The van der Waals surface area contributed by atoms with E-state index in [1.807, 2.05) is 13.8 Å². The highest BCUT2D eigenvalue weighted by molar-refractivity contribution is 7.14. The Morgan fingerprint density at radius 3 is 2.94 bits per heavy atom. The molecule has 2 aromatic heterocycles. The zero-order valence-corrected chi connectivity index (χ0v) is 10.9. The Bertz CT molecular complexity index is 549. The molecule has 0 aliphatic carbocycles. The van der Waals surface area contributed by atoms with Crippen molar-refractivity contribution in [2.45, 2.75) is 26.7 Å². The predicted octanol–water partition coefficient (Wildman–Crippen LogP) is 2.15. The molecule has 0 aromatic carbocycles. The summed E-state index contributed by atoms with van der Waals surface area (Å²) in [7, 11) is 0. The van der Waals surface area contributed by atoms with Gasteiger partial charge in [-0.15, -0.1) is 21.5 Å². The minimum atomic E-state index is -0.819. The van der Waals surface area contributed by atoms with E-state index in [4.69, 9.17) is 9.52 Å². The Balaban J connectivity index is 2.04. The highest BCUT2D eigenvalue weighted by atomic mass is 32.1. The summed E-state index contributed by atoms with van der Waals surface area (Å²) in [5.41, 5.74) is 0. The maximum atomic E-state index is 10.6. The van der Waals surface area contributed by atoms with Crippen molar-refractivity contribution in [2.24, 2.45) is 5.92 Å². The minimum absolute atomic E-state index is 0.0287. The summed E-state index contributed by atoms with van der Waals surface area (Å²) in [6.45, 7) is 3.75. The van der Waals surface area contributed by atoms with Crippen LogP contribution < -0.4 is 0 Å². The van der Waals surface area contributed by atoms with Gasteiger partial charge in [-0.3, -0.25) is 4.79 Å². The van der Waals surface area contributed by atoms with Crippen molar-refractivity contribution in [1.82, 2.24) is 15.2 Å². The fourth-order valence-electron chi connectivity index (χ4n) is 1.56. The first-order valence-corrected chi connectivity index (χ1v) is 6.33. The first-order valence-electron chi connectivity index (χ1n) is 5.51. The van der Waals surface area contributed by atoms with Crippen molar-refractivity contribution < 1.29 is 14.3 Å². The van der Waals surface area contributed by atoms with Crippen LogP contribution in [-0.4, -0.2) is 26.3 Å². The van der Waals surface area contributed by atoms with Gasteiger partial charge < -0.3 is 9.52 Å². The number of aromatic nitrogens is 3. The zero-order chi connectivity index (χ0) is 13.1. The van der Waals surface area contributed by atoms with Gasteiger partial charge in [0.25, 0.3) is 5.89 Å². The van der Waals surface area contributed by atoms with Gasteiger partial charge in [0, 0.05) is 12.8 Å². The Hall–Kier alpha value is -1.76. The fraction of sp³-hybridized carbons (Fsp3) is 0.455. The minimum Gasteiger partial charge on any atom is -0.481 e. The van der Waals surface area contributed by atoms with Crippen LogP contribution in [0.15, 0.2) is 10.6 Å². The molecular formula is C11H13N3O3S. The lowest BCUT2D eigenvalue weighted by Crippen LogP contribution is -2.07. The van der Waals surface area contributed by atoms with E-state index >= 15 is 0 Å². The molecule has 0 radical (unpaired) electrons. The fourth-order valence-corrected chi connectivity index (χ4v) is 2.26. The number of hydrogen-bond donors (Lipinski definition) is 1. The molecule has 1 unspecified atom stereocenters. The highest BCUT2D eigenvalue weighted by Crippen LogP contribution is 2.25. The number of hydrogen-bond acceptors (Lipinski definition) is 6. The molecule has 0 saturated carbocycles. The van der Waals surface area contributed by atoms with Gasteiger partial charge in [0.15, 0.2) is 0 Å². The number of carbonyl (C=O) groups is 1. The van der Waals surface area contributed by atoms with Crippen molar-refractivity contribution in [3.05, 3.63) is 17.1 Å². The van der Waals surface area contributed by atoms with Crippen molar-refractivity contribution in [3.8, 4) is 10.8 Å². The molecule has 0 amide bonds. The summed E-state index contributed by atoms with van der Waals surface area (Å²) < 4.78 is 5.49. The molecule has 0 saturated heterocycles. The van der Waals surface area contributed by atoms with Gasteiger partial charge in [-0.25, -0.2) is 4.98 Å². The molecule has 6 nitrogen and oxygen atoms in total. The van der Waals surface area contributed by atoms with Crippen LogP contribution in [-0.2, 0) is 11.2 Å². The van der Waals surface area contributed by atoms with Crippen LogP contribution in [0.1, 0.15) is 24.2 Å². The van der Waals surface area contributed by atoms with Gasteiger partial charge in [0.05, 0.1) is 11.2 Å². The number of rotatable bonds is 5. The van der Waals surface area contributed by atoms with E-state index in [1.165, 1.54) is 11.3 Å². The Kier molecular flexibility index (Phi) is 3.71. The van der Waals surface area contributed by atoms with Gasteiger partial charge in [0.2, 0.25) is 5.89 Å². The normalized spacial score (nSPS) is 12.6. The molecule has 2 rings (SSSR count). The topological polar surface area (TPSA) is 89.1 Å². The second-order valence-electron chi connectivity index (χ2n) is 4.15. The zero-order valence-electron chi connectivity index (χ0n) is 10.1. The lowest BCUT2D eigenvalue weighted by molar-refractivity contribution is -0.137. The SMILES string of the molecule is Cc1ncc(-c2nnc(CC(C)CC(=O)O)o2)s1. The second kappa shape index (κ2) is 5.26. The summed E-state index contributed by atoms with van der Waals surface area (Å²) in [6.07, 6.45) is 2.26. The molecule has 18 heavy (non-hydrogen) atoms. The monoisotopic (exact) mass is 267 g/mol. The van der Waals surface area contributed by atoms with Gasteiger partial charge in [-0.05, 0) is 12.8 Å². The van der Waals surface area contributed by atoms with Crippen LogP contribution in [0.4, 0.5) is 0 Å². The van der Waals surface area contributed by atoms with Crippen molar-refractivity contribution in [1.29, 1.82) is 0 Å². The summed E-state index contributed by atoms with van der Waals surface area (Å²) in [4.78, 5) is 15.5. The lowest BCUT2D eigenvalue weighted by Gasteiger charge is -2.03. The number of aliphatic carboxylic acids is 1. The second-order valence-corrected chi connectivity index (χ2v) is 5.39. The maximum absolute atomic E-state index is 10.6. The Labute approximate surface area is 108 Å². The number of carboxylic acid groups (broad SMARTS) is 1.